The van der Waals surface area contributed by atoms with E-state index in [1.165, 1.54) is 48.2 Å². The number of fused-ring (bicyclic) bond motifs is 1. The van der Waals surface area contributed by atoms with Crippen LogP contribution in [-0.2, 0) is 16.1 Å². The molecule has 0 aliphatic carbocycles. The Labute approximate surface area is 183 Å². The SMILES string of the molecule is O=C(CSC1NC(=O)C2CN(Cc3ccc(F)cc3)CCC2N1)Nc1ccc(F)cc1. The first kappa shape index (κ1) is 21.7. The molecule has 31 heavy (non-hydrogen) atoms. The van der Waals surface area contributed by atoms with Crippen molar-refractivity contribution in [1.82, 2.24) is 15.5 Å². The zero-order valence-electron chi connectivity index (χ0n) is 16.8. The molecule has 2 heterocycles. The molecule has 164 valence electrons. The number of nitrogens with zero attached hydrogens (tertiary/aromatic N) is 1. The van der Waals surface area contributed by atoms with Crippen LogP contribution in [-0.4, -0.2) is 47.1 Å². The van der Waals surface area contributed by atoms with E-state index in [1.54, 1.807) is 12.1 Å². The highest BCUT2D eigenvalue weighted by Gasteiger charge is 2.39. The smallest absolute Gasteiger partial charge is 0.234 e. The molecule has 0 saturated carbocycles. The van der Waals surface area contributed by atoms with E-state index in [4.69, 9.17) is 0 Å². The molecule has 2 fully saturated rings. The third-order valence-electron chi connectivity index (χ3n) is 5.50. The number of carbonyl (C=O) groups excluding carboxylic acids is 2. The van der Waals surface area contributed by atoms with Crippen molar-refractivity contribution in [3.8, 4) is 0 Å². The van der Waals surface area contributed by atoms with Gasteiger partial charge in [-0.15, -0.1) is 11.8 Å². The summed E-state index contributed by atoms with van der Waals surface area (Å²) in [4.78, 5) is 27.0. The highest BCUT2D eigenvalue weighted by Crippen LogP contribution is 2.25. The molecule has 2 amide bonds. The van der Waals surface area contributed by atoms with Gasteiger partial charge in [-0.1, -0.05) is 12.1 Å². The number of benzene rings is 2. The zero-order chi connectivity index (χ0) is 21.8. The van der Waals surface area contributed by atoms with Crippen molar-refractivity contribution < 1.29 is 18.4 Å². The highest BCUT2D eigenvalue weighted by molar-refractivity contribution is 8.00. The minimum atomic E-state index is -0.361. The van der Waals surface area contributed by atoms with Crippen LogP contribution in [0.3, 0.4) is 0 Å². The summed E-state index contributed by atoms with van der Waals surface area (Å²) in [5, 5.41) is 9.08. The summed E-state index contributed by atoms with van der Waals surface area (Å²) in [5.41, 5.74) is 1.21. The number of halogens is 2. The fraction of sp³-hybridized carbons (Fsp3) is 0.364. The summed E-state index contributed by atoms with van der Waals surface area (Å²) in [7, 11) is 0. The lowest BCUT2D eigenvalue weighted by atomic mass is 9.89. The third-order valence-corrected chi connectivity index (χ3v) is 6.52. The van der Waals surface area contributed by atoms with E-state index >= 15 is 0 Å². The van der Waals surface area contributed by atoms with E-state index in [0.717, 1.165) is 18.5 Å². The largest absolute Gasteiger partial charge is 0.331 e. The molecule has 6 nitrogen and oxygen atoms in total. The normalized spacial score (nSPS) is 23.7. The molecular weight excluding hydrogens is 422 g/mol. The minimum absolute atomic E-state index is 0.0241. The standard InChI is InChI=1S/C22H24F2N4O2S/c23-15-3-1-14(2-4-15)11-28-10-9-19-18(12-28)21(30)27-22(26-19)31-13-20(29)25-17-7-5-16(24)6-8-17/h1-8,18-19,22,26H,9-13H2,(H,25,29)(H,27,30). The van der Waals surface area contributed by atoms with Crippen LogP contribution < -0.4 is 16.0 Å². The molecule has 3 N–H and O–H groups in total. The summed E-state index contributed by atoms with van der Waals surface area (Å²) in [5.74, 6) is -0.872. The van der Waals surface area contributed by atoms with Crippen LogP contribution in [0.2, 0.25) is 0 Å². The van der Waals surface area contributed by atoms with Gasteiger partial charge in [-0.3, -0.25) is 19.8 Å². The minimum Gasteiger partial charge on any atom is -0.331 e. The number of piperidine rings is 1. The van der Waals surface area contributed by atoms with Gasteiger partial charge in [0.15, 0.2) is 0 Å². The van der Waals surface area contributed by atoms with Crippen molar-refractivity contribution in [3.05, 3.63) is 65.7 Å². The van der Waals surface area contributed by atoms with Crippen molar-refractivity contribution in [2.75, 3.05) is 24.2 Å². The molecule has 0 spiro atoms. The lowest BCUT2D eigenvalue weighted by Gasteiger charge is -2.43. The number of likely N-dealkylation sites (tertiary alicyclic amines) is 1. The van der Waals surface area contributed by atoms with Crippen molar-refractivity contribution in [2.24, 2.45) is 5.92 Å². The third kappa shape index (κ3) is 5.81. The second kappa shape index (κ2) is 9.76. The average molecular weight is 447 g/mol. The molecular formula is C22H24F2N4O2S. The molecule has 2 aliphatic rings. The second-order valence-electron chi connectivity index (χ2n) is 7.78. The van der Waals surface area contributed by atoms with Crippen LogP contribution in [0.25, 0.3) is 0 Å². The van der Waals surface area contributed by atoms with Gasteiger partial charge in [0.25, 0.3) is 0 Å². The van der Waals surface area contributed by atoms with E-state index in [0.29, 0.717) is 18.8 Å². The summed E-state index contributed by atoms with van der Waals surface area (Å²) < 4.78 is 26.0. The van der Waals surface area contributed by atoms with E-state index in [1.807, 2.05) is 0 Å². The van der Waals surface area contributed by atoms with Crippen LogP contribution >= 0.6 is 11.8 Å². The first-order valence-electron chi connectivity index (χ1n) is 10.2. The summed E-state index contributed by atoms with van der Waals surface area (Å²) in [6.07, 6.45) is 0.818. The van der Waals surface area contributed by atoms with Crippen LogP contribution in [0.1, 0.15) is 12.0 Å². The highest BCUT2D eigenvalue weighted by atomic mass is 32.2. The average Bonchev–Trinajstić information content (AvgIpc) is 2.76. The number of hydrogen-bond acceptors (Lipinski definition) is 5. The van der Waals surface area contributed by atoms with Gasteiger partial charge in [0, 0.05) is 31.4 Å². The molecule has 2 aliphatic heterocycles. The second-order valence-corrected chi connectivity index (χ2v) is 8.88. The lowest BCUT2D eigenvalue weighted by Crippen LogP contribution is -2.64. The fourth-order valence-electron chi connectivity index (χ4n) is 3.93. The predicted octanol–water partition coefficient (Wildman–Crippen LogP) is 2.53. The fourth-order valence-corrected chi connectivity index (χ4v) is 4.79. The van der Waals surface area contributed by atoms with Crippen molar-refractivity contribution in [1.29, 1.82) is 0 Å². The zero-order valence-corrected chi connectivity index (χ0v) is 17.6. The van der Waals surface area contributed by atoms with Crippen molar-refractivity contribution in [3.63, 3.8) is 0 Å². The molecule has 0 bridgehead atoms. The Balaban J connectivity index is 1.24. The topological polar surface area (TPSA) is 73.5 Å². The number of amides is 2. The van der Waals surface area contributed by atoms with Gasteiger partial charge < -0.3 is 10.6 Å². The first-order valence-corrected chi connectivity index (χ1v) is 11.2. The summed E-state index contributed by atoms with van der Waals surface area (Å²) >= 11 is 1.31. The van der Waals surface area contributed by atoms with E-state index in [2.05, 4.69) is 20.9 Å². The van der Waals surface area contributed by atoms with Crippen molar-refractivity contribution >= 4 is 29.3 Å². The Morgan fingerprint density at radius 1 is 1.10 bits per heavy atom. The molecule has 2 saturated heterocycles. The first-order chi connectivity index (χ1) is 15.0. The van der Waals surface area contributed by atoms with Gasteiger partial charge in [0.05, 0.1) is 11.7 Å². The number of hydrogen-bond donors (Lipinski definition) is 3. The number of carbonyl (C=O) groups is 2. The van der Waals surface area contributed by atoms with E-state index in [-0.39, 0.29) is 46.7 Å². The predicted molar refractivity (Wildman–Crippen MR) is 116 cm³/mol. The Bertz CT molecular complexity index is 926. The Morgan fingerprint density at radius 3 is 2.48 bits per heavy atom. The Morgan fingerprint density at radius 2 is 1.77 bits per heavy atom. The summed E-state index contributed by atoms with van der Waals surface area (Å²) in [6, 6.07) is 12.1. The maximum Gasteiger partial charge on any atom is 0.234 e. The van der Waals surface area contributed by atoms with E-state index < -0.39 is 0 Å². The van der Waals surface area contributed by atoms with Gasteiger partial charge in [-0.25, -0.2) is 8.78 Å². The van der Waals surface area contributed by atoms with Gasteiger partial charge in [0.2, 0.25) is 11.8 Å². The maximum absolute atomic E-state index is 13.1. The van der Waals surface area contributed by atoms with Crippen LogP contribution in [0.4, 0.5) is 14.5 Å². The molecule has 3 atom stereocenters. The Kier molecular flexibility index (Phi) is 6.84. The molecule has 4 rings (SSSR count). The number of anilines is 1. The lowest BCUT2D eigenvalue weighted by molar-refractivity contribution is -0.130. The van der Waals surface area contributed by atoms with Crippen LogP contribution in [0, 0.1) is 17.6 Å². The summed E-state index contributed by atoms with van der Waals surface area (Å²) in [6.45, 7) is 2.14. The van der Waals surface area contributed by atoms with Crippen LogP contribution in [0.15, 0.2) is 48.5 Å². The van der Waals surface area contributed by atoms with Crippen LogP contribution in [0.5, 0.6) is 0 Å². The number of rotatable bonds is 6. The molecule has 3 unspecified atom stereocenters. The number of thioether (sulfide) groups is 1. The van der Waals surface area contributed by atoms with Gasteiger partial charge in [-0.05, 0) is 48.4 Å². The molecule has 2 aromatic rings. The van der Waals surface area contributed by atoms with Crippen molar-refractivity contribution in [2.45, 2.75) is 24.5 Å². The monoisotopic (exact) mass is 446 g/mol. The van der Waals surface area contributed by atoms with Gasteiger partial charge >= 0.3 is 0 Å². The Hall–Kier alpha value is -2.49. The molecule has 9 heteroatoms. The number of nitrogens with one attached hydrogen (secondary N) is 3. The quantitative estimate of drug-likeness (QED) is 0.636. The van der Waals surface area contributed by atoms with Gasteiger partial charge in [-0.2, -0.15) is 0 Å². The van der Waals surface area contributed by atoms with E-state index in [9.17, 15) is 18.4 Å². The molecule has 0 aromatic heterocycles. The van der Waals surface area contributed by atoms with Gasteiger partial charge in [0.1, 0.15) is 17.1 Å². The maximum atomic E-state index is 13.1. The molecule has 0 radical (unpaired) electrons. The molecule has 2 aromatic carbocycles.